The number of imidazole rings is 1. The Hall–Kier alpha value is -3.36. The summed E-state index contributed by atoms with van der Waals surface area (Å²) < 4.78 is 6.93. The summed E-state index contributed by atoms with van der Waals surface area (Å²) in [5.74, 6) is 0.239. The molecule has 152 valence electrons. The first-order valence-corrected chi connectivity index (χ1v) is 10.2. The molecule has 0 spiro atoms. The molecule has 30 heavy (non-hydrogen) atoms. The van der Waals surface area contributed by atoms with E-state index in [-0.39, 0.29) is 17.6 Å². The maximum atomic E-state index is 12.9. The Morgan fingerprint density at radius 3 is 2.60 bits per heavy atom. The van der Waals surface area contributed by atoms with Gasteiger partial charge < -0.3 is 19.6 Å². The lowest BCUT2D eigenvalue weighted by molar-refractivity contribution is 0.0944. The second-order valence-corrected chi connectivity index (χ2v) is 7.97. The zero-order valence-electron chi connectivity index (χ0n) is 15.8. The van der Waals surface area contributed by atoms with Crippen LogP contribution in [0.15, 0.2) is 71.6 Å². The Bertz CT molecular complexity index is 1170. The van der Waals surface area contributed by atoms with Gasteiger partial charge >= 0.3 is 0 Å². The summed E-state index contributed by atoms with van der Waals surface area (Å²) in [6.07, 6.45) is 4.92. The monoisotopic (exact) mass is 440 g/mol. The van der Waals surface area contributed by atoms with Crippen molar-refractivity contribution in [1.82, 2.24) is 14.9 Å². The van der Waals surface area contributed by atoms with Gasteiger partial charge in [-0.15, -0.1) is 11.3 Å². The van der Waals surface area contributed by atoms with E-state index in [0.29, 0.717) is 20.7 Å². The second kappa shape index (κ2) is 8.56. The van der Waals surface area contributed by atoms with Crippen LogP contribution in [0, 0.1) is 0 Å². The predicted octanol–water partition coefficient (Wildman–Crippen LogP) is 4.50. The van der Waals surface area contributed by atoms with Gasteiger partial charge in [0.25, 0.3) is 11.8 Å². The van der Waals surface area contributed by atoms with Gasteiger partial charge in [0.2, 0.25) is 0 Å². The van der Waals surface area contributed by atoms with Crippen molar-refractivity contribution in [2.75, 3.05) is 5.32 Å². The molecule has 0 fully saturated rings. The van der Waals surface area contributed by atoms with Crippen molar-refractivity contribution in [3.8, 4) is 0 Å². The topological polar surface area (TPSA) is 89.2 Å². The Morgan fingerprint density at radius 2 is 1.93 bits per heavy atom. The van der Waals surface area contributed by atoms with E-state index < -0.39 is 6.04 Å². The molecule has 9 heteroatoms. The molecule has 1 aromatic carbocycles. The Morgan fingerprint density at radius 1 is 1.13 bits per heavy atom. The maximum absolute atomic E-state index is 12.9. The zero-order chi connectivity index (χ0) is 21.1. The molecule has 2 N–H and O–H groups in total. The van der Waals surface area contributed by atoms with E-state index in [1.165, 1.54) is 17.6 Å². The molecular formula is C21H17ClN4O3S. The Balaban J connectivity index is 1.53. The fraction of sp³-hybridized carbons (Fsp3) is 0.0952. The van der Waals surface area contributed by atoms with Gasteiger partial charge in [0.1, 0.15) is 11.9 Å². The SMILES string of the molecule is Cn1ccnc1[C@@H](NC(=O)c1ccc(NC(=O)c2ccco2)s1)c1ccc(Cl)cc1. The molecule has 0 unspecified atom stereocenters. The van der Waals surface area contributed by atoms with Gasteiger partial charge in [-0.3, -0.25) is 9.59 Å². The summed E-state index contributed by atoms with van der Waals surface area (Å²) in [5, 5.41) is 6.90. The number of aryl methyl sites for hydroxylation is 1. The molecule has 1 atom stereocenters. The zero-order valence-corrected chi connectivity index (χ0v) is 17.4. The van der Waals surface area contributed by atoms with Crippen molar-refractivity contribution in [2.24, 2.45) is 7.05 Å². The highest BCUT2D eigenvalue weighted by molar-refractivity contribution is 7.18. The van der Waals surface area contributed by atoms with Crippen LogP contribution in [-0.4, -0.2) is 21.4 Å². The summed E-state index contributed by atoms with van der Waals surface area (Å²) in [6, 6.07) is 13.3. The molecular weight excluding hydrogens is 424 g/mol. The minimum absolute atomic E-state index is 0.201. The molecule has 3 heterocycles. The van der Waals surface area contributed by atoms with Crippen LogP contribution in [0.5, 0.6) is 0 Å². The van der Waals surface area contributed by atoms with Crippen LogP contribution in [-0.2, 0) is 7.05 Å². The molecule has 0 bridgehead atoms. The lowest BCUT2D eigenvalue weighted by Crippen LogP contribution is -2.30. The average Bonchev–Trinajstić information content (AvgIpc) is 3.49. The number of amides is 2. The lowest BCUT2D eigenvalue weighted by Gasteiger charge is -2.19. The number of rotatable bonds is 6. The highest BCUT2D eigenvalue weighted by atomic mass is 35.5. The van der Waals surface area contributed by atoms with Crippen LogP contribution >= 0.6 is 22.9 Å². The van der Waals surface area contributed by atoms with Gasteiger partial charge in [-0.2, -0.15) is 0 Å². The number of benzene rings is 1. The highest BCUT2D eigenvalue weighted by Gasteiger charge is 2.22. The third-order valence-electron chi connectivity index (χ3n) is 4.41. The number of carbonyl (C=O) groups excluding carboxylic acids is 2. The lowest BCUT2D eigenvalue weighted by atomic mass is 10.1. The molecule has 0 saturated carbocycles. The number of anilines is 1. The first-order valence-electron chi connectivity index (χ1n) is 8.99. The minimum Gasteiger partial charge on any atom is -0.459 e. The molecule has 0 aliphatic rings. The van der Waals surface area contributed by atoms with Gasteiger partial charge in [-0.05, 0) is 42.0 Å². The number of aromatic nitrogens is 2. The largest absolute Gasteiger partial charge is 0.459 e. The van der Waals surface area contributed by atoms with Crippen LogP contribution in [0.4, 0.5) is 5.00 Å². The summed E-state index contributed by atoms with van der Waals surface area (Å²) in [4.78, 5) is 29.9. The summed E-state index contributed by atoms with van der Waals surface area (Å²) in [7, 11) is 1.87. The number of nitrogens with one attached hydrogen (secondary N) is 2. The molecule has 0 radical (unpaired) electrons. The van der Waals surface area contributed by atoms with E-state index in [1.54, 1.807) is 42.6 Å². The minimum atomic E-state index is -0.460. The fourth-order valence-electron chi connectivity index (χ4n) is 2.92. The quantitative estimate of drug-likeness (QED) is 0.462. The van der Waals surface area contributed by atoms with Crippen LogP contribution in [0.2, 0.25) is 5.02 Å². The second-order valence-electron chi connectivity index (χ2n) is 6.45. The summed E-state index contributed by atoms with van der Waals surface area (Å²) in [6.45, 7) is 0. The highest BCUT2D eigenvalue weighted by Crippen LogP contribution is 2.26. The first kappa shape index (κ1) is 19.9. The van der Waals surface area contributed by atoms with Crippen LogP contribution < -0.4 is 10.6 Å². The van der Waals surface area contributed by atoms with Crippen molar-refractivity contribution in [3.05, 3.63) is 94.2 Å². The maximum Gasteiger partial charge on any atom is 0.291 e. The first-order chi connectivity index (χ1) is 14.5. The van der Waals surface area contributed by atoms with E-state index in [0.717, 1.165) is 5.56 Å². The molecule has 0 aliphatic heterocycles. The number of hydrogen-bond donors (Lipinski definition) is 2. The van der Waals surface area contributed by atoms with Gasteiger partial charge in [0.05, 0.1) is 16.1 Å². The van der Waals surface area contributed by atoms with Crippen molar-refractivity contribution in [3.63, 3.8) is 0 Å². The van der Waals surface area contributed by atoms with Crippen molar-refractivity contribution in [2.45, 2.75) is 6.04 Å². The number of nitrogens with zero attached hydrogens (tertiary/aromatic N) is 2. The number of hydrogen-bond acceptors (Lipinski definition) is 5. The number of halogens is 1. The fourth-order valence-corrected chi connectivity index (χ4v) is 3.85. The van der Waals surface area contributed by atoms with Gasteiger partial charge in [0.15, 0.2) is 5.76 Å². The van der Waals surface area contributed by atoms with Crippen molar-refractivity contribution < 1.29 is 14.0 Å². The average molecular weight is 441 g/mol. The molecule has 0 aliphatic carbocycles. The van der Waals surface area contributed by atoms with Gasteiger partial charge in [0, 0.05) is 24.5 Å². The van der Waals surface area contributed by atoms with E-state index in [4.69, 9.17) is 16.0 Å². The van der Waals surface area contributed by atoms with E-state index in [1.807, 2.05) is 29.9 Å². The van der Waals surface area contributed by atoms with E-state index >= 15 is 0 Å². The van der Waals surface area contributed by atoms with Gasteiger partial charge in [-0.1, -0.05) is 23.7 Å². The van der Waals surface area contributed by atoms with Gasteiger partial charge in [-0.25, -0.2) is 4.98 Å². The molecule has 2 amide bonds. The van der Waals surface area contributed by atoms with E-state index in [9.17, 15) is 9.59 Å². The molecule has 3 aromatic heterocycles. The third-order valence-corrected chi connectivity index (χ3v) is 5.66. The van der Waals surface area contributed by atoms with E-state index in [2.05, 4.69) is 15.6 Å². The molecule has 7 nitrogen and oxygen atoms in total. The Labute approximate surface area is 181 Å². The molecule has 4 aromatic rings. The van der Waals surface area contributed by atoms with Crippen LogP contribution in [0.3, 0.4) is 0 Å². The number of thiophene rings is 1. The van der Waals surface area contributed by atoms with Crippen LogP contribution in [0.1, 0.15) is 37.7 Å². The number of carbonyl (C=O) groups is 2. The number of furan rings is 1. The molecule has 0 saturated heterocycles. The Kier molecular flexibility index (Phi) is 5.69. The smallest absolute Gasteiger partial charge is 0.291 e. The standard InChI is InChI=1S/C21H17ClN4O3S/c1-26-11-10-23-19(26)18(13-4-6-14(22)7-5-13)25-21(28)16-8-9-17(30-16)24-20(27)15-3-2-12-29-15/h2-12,18H,1H3,(H,24,27)(H,25,28)/t18-/m0/s1. The summed E-state index contributed by atoms with van der Waals surface area (Å²) >= 11 is 7.18. The third kappa shape index (κ3) is 4.29. The van der Waals surface area contributed by atoms with Crippen molar-refractivity contribution >= 4 is 39.8 Å². The summed E-state index contributed by atoms with van der Waals surface area (Å²) in [5.41, 5.74) is 0.852. The predicted molar refractivity (Wildman–Crippen MR) is 115 cm³/mol. The van der Waals surface area contributed by atoms with Crippen LogP contribution in [0.25, 0.3) is 0 Å². The normalized spacial score (nSPS) is 11.8. The van der Waals surface area contributed by atoms with Crippen molar-refractivity contribution in [1.29, 1.82) is 0 Å². The molecule has 4 rings (SSSR count).